The van der Waals surface area contributed by atoms with E-state index in [1.54, 1.807) is 0 Å². The van der Waals surface area contributed by atoms with Gasteiger partial charge in [-0.2, -0.15) is 0 Å². The molecule has 0 aliphatic carbocycles. The van der Waals surface area contributed by atoms with Crippen LogP contribution < -0.4 is 0 Å². The van der Waals surface area contributed by atoms with E-state index in [9.17, 15) is 4.79 Å². The van der Waals surface area contributed by atoms with Gasteiger partial charge in [0.15, 0.2) is 0 Å². The number of hydrogen-bond donors (Lipinski definition) is 1. The molecule has 82 valence electrons. The molecule has 0 saturated heterocycles. The van der Waals surface area contributed by atoms with E-state index >= 15 is 0 Å². The molecule has 0 fully saturated rings. The fraction of sp³-hybridized carbons (Fsp3) is 0.462. The minimum absolute atomic E-state index is 0.124. The van der Waals surface area contributed by atoms with Crippen molar-refractivity contribution < 1.29 is 9.90 Å². The standard InChI is InChI=1S/C13H18O2/c1-3-4-5-12-8-11(9-13(14)15)7-6-10(12)2/h6-8H,3-5,9H2,1-2H3,(H,14,15). The van der Waals surface area contributed by atoms with Crippen LogP contribution in [0.2, 0.25) is 0 Å². The molecule has 1 aromatic carbocycles. The summed E-state index contributed by atoms with van der Waals surface area (Å²) in [6.45, 7) is 4.24. The van der Waals surface area contributed by atoms with Crippen molar-refractivity contribution in [1.29, 1.82) is 0 Å². The first-order chi connectivity index (χ1) is 7.13. The number of rotatable bonds is 5. The topological polar surface area (TPSA) is 37.3 Å². The van der Waals surface area contributed by atoms with Gasteiger partial charge < -0.3 is 5.11 Å². The zero-order valence-electron chi connectivity index (χ0n) is 9.42. The minimum atomic E-state index is -0.764. The summed E-state index contributed by atoms with van der Waals surface area (Å²) in [6.07, 6.45) is 3.51. The molecule has 0 bridgehead atoms. The zero-order chi connectivity index (χ0) is 11.3. The van der Waals surface area contributed by atoms with Crippen LogP contribution in [-0.4, -0.2) is 11.1 Å². The van der Waals surface area contributed by atoms with Crippen LogP contribution in [0.15, 0.2) is 18.2 Å². The Morgan fingerprint density at radius 3 is 2.73 bits per heavy atom. The average Bonchev–Trinajstić information content (AvgIpc) is 2.18. The molecule has 0 aliphatic heterocycles. The van der Waals surface area contributed by atoms with Gasteiger partial charge in [0.05, 0.1) is 6.42 Å². The molecule has 0 atom stereocenters. The van der Waals surface area contributed by atoms with Crippen LogP contribution in [0.3, 0.4) is 0 Å². The number of benzene rings is 1. The third-order valence-corrected chi connectivity index (χ3v) is 2.57. The molecular weight excluding hydrogens is 188 g/mol. The summed E-state index contributed by atoms with van der Waals surface area (Å²) >= 11 is 0. The minimum Gasteiger partial charge on any atom is -0.481 e. The van der Waals surface area contributed by atoms with Crippen molar-refractivity contribution in [1.82, 2.24) is 0 Å². The summed E-state index contributed by atoms with van der Waals surface area (Å²) in [5.74, 6) is -0.764. The number of carbonyl (C=O) groups is 1. The van der Waals surface area contributed by atoms with Crippen molar-refractivity contribution in [2.24, 2.45) is 0 Å². The molecule has 0 aromatic heterocycles. The smallest absolute Gasteiger partial charge is 0.307 e. The van der Waals surface area contributed by atoms with E-state index < -0.39 is 5.97 Å². The molecule has 0 heterocycles. The predicted molar refractivity (Wildman–Crippen MR) is 61.1 cm³/mol. The average molecular weight is 206 g/mol. The maximum absolute atomic E-state index is 10.6. The Kier molecular flexibility index (Phi) is 4.35. The largest absolute Gasteiger partial charge is 0.481 e. The summed E-state index contributed by atoms with van der Waals surface area (Å²) in [5, 5.41) is 8.70. The van der Waals surface area contributed by atoms with Crippen LogP contribution >= 0.6 is 0 Å². The Hall–Kier alpha value is -1.31. The monoisotopic (exact) mass is 206 g/mol. The molecule has 0 amide bonds. The van der Waals surface area contributed by atoms with Gasteiger partial charge in [-0.3, -0.25) is 4.79 Å². The number of aliphatic carboxylic acids is 1. The lowest BCUT2D eigenvalue weighted by Gasteiger charge is -2.07. The molecule has 1 aromatic rings. The van der Waals surface area contributed by atoms with Crippen LogP contribution in [0.5, 0.6) is 0 Å². The first-order valence-electron chi connectivity index (χ1n) is 5.43. The molecule has 0 aliphatic rings. The molecule has 1 N–H and O–H groups in total. The van der Waals surface area contributed by atoms with Crippen LogP contribution in [-0.2, 0) is 17.6 Å². The lowest BCUT2D eigenvalue weighted by atomic mass is 9.99. The summed E-state index contributed by atoms with van der Waals surface area (Å²) in [6, 6.07) is 5.95. The third-order valence-electron chi connectivity index (χ3n) is 2.57. The van der Waals surface area contributed by atoms with Crippen LogP contribution in [0, 0.1) is 6.92 Å². The lowest BCUT2D eigenvalue weighted by molar-refractivity contribution is -0.136. The molecule has 0 spiro atoms. The summed E-state index contributed by atoms with van der Waals surface area (Å²) in [5.41, 5.74) is 3.45. The van der Waals surface area contributed by atoms with Crippen LogP contribution in [0.25, 0.3) is 0 Å². The Bertz CT molecular complexity index is 342. The van der Waals surface area contributed by atoms with Crippen LogP contribution in [0.1, 0.15) is 36.5 Å². The van der Waals surface area contributed by atoms with E-state index in [2.05, 4.69) is 13.8 Å². The number of carboxylic acids is 1. The zero-order valence-corrected chi connectivity index (χ0v) is 9.42. The highest BCUT2D eigenvalue weighted by molar-refractivity contribution is 5.70. The third kappa shape index (κ3) is 3.74. The van der Waals surface area contributed by atoms with Gasteiger partial charge in [0, 0.05) is 0 Å². The second-order valence-electron chi connectivity index (χ2n) is 3.93. The first kappa shape index (κ1) is 11.8. The van der Waals surface area contributed by atoms with Gasteiger partial charge in [-0.1, -0.05) is 31.5 Å². The summed E-state index contributed by atoms with van der Waals surface area (Å²) in [4.78, 5) is 10.6. The molecule has 1 rings (SSSR count). The quantitative estimate of drug-likeness (QED) is 0.804. The number of aryl methyl sites for hydroxylation is 2. The fourth-order valence-corrected chi connectivity index (χ4v) is 1.65. The van der Waals surface area contributed by atoms with Crippen molar-refractivity contribution in [2.45, 2.75) is 39.5 Å². The number of carboxylic acid groups (broad SMARTS) is 1. The van der Waals surface area contributed by atoms with E-state index in [1.165, 1.54) is 17.5 Å². The van der Waals surface area contributed by atoms with E-state index in [0.29, 0.717) is 0 Å². The van der Waals surface area contributed by atoms with Gasteiger partial charge in [-0.05, 0) is 36.5 Å². The van der Waals surface area contributed by atoms with Crippen molar-refractivity contribution >= 4 is 5.97 Å². The van der Waals surface area contributed by atoms with E-state index in [0.717, 1.165) is 18.4 Å². The van der Waals surface area contributed by atoms with Gasteiger partial charge in [-0.25, -0.2) is 0 Å². The second kappa shape index (κ2) is 5.54. The second-order valence-corrected chi connectivity index (χ2v) is 3.93. The summed E-state index contributed by atoms with van der Waals surface area (Å²) < 4.78 is 0. The van der Waals surface area contributed by atoms with Gasteiger partial charge >= 0.3 is 5.97 Å². The Morgan fingerprint density at radius 1 is 1.40 bits per heavy atom. The van der Waals surface area contributed by atoms with Crippen molar-refractivity contribution in [2.75, 3.05) is 0 Å². The molecule has 0 unspecified atom stereocenters. The van der Waals surface area contributed by atoms with E-state index in [4.69, 9.17) is 5.11 Å². The predicted octanol–water partition coefficient (Wildman–Crippen LogP) is 2.96. The normalized spacial score (nSPS) is 10.3. The summed E-state index contributed by atoms with van der Waals surface area (Å²) in [7, 11) is 0. The SMILES string of the molecule is CCCCc1cc(CC(=O)O)ccc1C. The van der Waals surface area contributed by atoms with Crippen molar-refractivity contribution in [3.8, 4) is 0 Å². The fourth-order valence-electron chi connectivity index (χ4n) is 1.65. The molecule has 0 saturated carbocycles. The highest BCUT2D eigenvalue weighted by atomic mass is 16.4. The van der Waals surface area contributed by atoms with Crippen molar-refractivity contribution in [3.05, 3.63) is 34.9 Å². The highest BCUT2D eigenvalue weighted by Gasteiger charge is 2.03. The maximum atomic E-state index is 10.6. The van der Waals surface area contributed by atoms with Gasteiger partial charge in [0.1, 0.15) is 0 Å². The molecule has 2 nitrogen and oxygen atoms in total. The van der Waals surface area contributed by atoms with Crippen LogP contribution in [0.4, 0.5) is 0 Å². The Balaban J connectivity index is 2.79. The van der Waals surface area contributed by atoms with E-state index in [-0.39, 0.29) is 6.42 Å². The number of unbranched alkanes of at least 4 members (excludes halogenated alkanes) is 1. The highest BCUT2D eigenvalue weighted by Crippen LogP contribution is 2.14. The molecular formula is C13H18O2. The van der Waals surface area contributed by atoms with E-state index in [1.807, 2.05) is 18.2 Å². The van der Waals surface area contributed by atoms with Gasteiger partial charge in [0.2, 0.25) is 0 Å². The van der Waals surface area contributed by atoms with Gasteiger partial charge in [-0.15, -0.1) is 0 Å². The Labute approximate surface area is 90.9 Å². The molecule has 2 heteroatoms. The number of hydrogen-bond acceptors (Lipinski definition) is 1. The maximum Gasteiger partial charge on any atom is 0.307 e. The Morgan fingerprint density at radius 2 is 2.13 bits per heavy atom. The van der Waals surface area contributed by atoms with Crippen molar-refractivity contribution in [3.63, 3.8) is 0 Å². The molecule has 15 heavy (non-hydrogen) atoms. The first-order valence-corrected chi connectivity index (χ1v) is 5.43. The van der Waals surface area contributed by atoms with Gasteiger partial charge in [0.25, 0.3) is 0 Å². The lowest BCUT2D eigenvalue weighted by Crippen LogP contribution is -2.01. The molecule has 0 radical (unpaired) electrons.